The van der Waals surface area contributed by atoms with Gasteiger partial charge in [-0.2, -0.15) is 0 Å². The normalized spacial score (nSPS) is 11.1. The van der Waals surface area contributed by atoms with Crippen LogP contribution in [0.3, 0.4) is 0 Å². The van der Waals surface area contributed by atoms with E-state index in [9.17, 15) is 23.3 Å². The molecule has 1 aromatic carbocycles. The van der Waals surface area contributed by atoms with Gasteiger partial charge in [-0.25, -0.2) is 13.1 Å². The zero-order chi connectivity index (χ0) is 13.1. The fourth-order valence-corrected chi connectivity index (χ4v) is 2.11. The standard InChI is InChI=1S/C8H7ClN2O5S/c9-8(12)5-10-17(15,16)7-3-1-6(2-4-7)11(13)14/h1-4,10H,5H2. The third-order valence-electron chi connectivity index (χ3n) is 1.76. The van der Waals surface area contributed by atoms with Crippen LogP contribution in [0.25, 0.3) is 0 Å². The molecule has 0 radical (unpaired) electrons. The van der Waals surface area contributed by atoms with Crippen LogP contribution in [0, 0.1) is 10.1 Å². The predicted molar refractivity (Wildman–Crippen MR) is 59.1 cm³/mol. The van der Waals surface area contributed by atoms with Crippen LogP contribution < -0.4 is 4.72 Å². The van der Waals surface area contributed by atoms with Gasteiger partial charge in [-0.3, -0.25) is 14.9 Å². The minimum absolute atomic E-state index is 0.180. The van der Waals surface area contributed by atoms with Crippen LogP contribution in [0.15, 0.2) is 29.2 Å². The number of halogens is 1. The molecule has 0 aliphatic rings. The van der Waals surface area contributed by atoms with Gasteiger partial charge in [-0.05, 0) is 23.7 Å². The summed E-state index contributed by atoms with van der Waals surface area (Å²) < 4.78 is 25.0. The number of hydrogen-bond donors (Lipinski definition) is 1. The van der Waals surface area contributed by atoms with Gasteiger partial charge in [0.05, 0.1) is 16.4 Å². The first-order chi connectivity index (χ1) is 7.83. The zero-order valence-corrected chi connectivity index (χ0v) is 9.86. The van der Waals surface area contributed by atoms with Crippen molar-refractivity contribution < 1.29 is 18.1 Å². The topological polar surface area (TPSA) is 106 Å². The molecule has 7 nitrogen and oxygen atoms in total. The molecule has 0 aliphatic heterocycles. The van der Waals surface area contributed by atoms with Gasteiger partial charge in [0.15, 0.2) is 0 Å². The molecule has 0 heterocycles. The fourth-order valence-electron chi connectivity index (χ4n) is 0.982. The highest BCUT2D eigenvalue weighted by Crippen LogP contribution is 2.15. The van der Waals surface area contributed by atoms with Gasteiger partial charge in [-0.15, -0.1) is 0 Å². The first kappa shape index (κ1) is 13.6. The van der Waals surface area contributed by atoms with Crippen molar-refractivity contribution in [2.45, 2.75) is 4.90 Å². The quantitative estimate of drug-likeness (QED) is 0.483. The lowest BCUT2D eigenvalue weighted by atomic mass is 10.3. The van der Waals surface area contributed by atoms with Crippen molar-refractivity contribution in [2.24, 2.45) is 0 Å². The van der Waals surface area contributed by atoms with E-state index < -0.39 is 26.7 Å². The molecule has 0 bridgehead atoms. The molecular formula is C8H7ClN2O5S. The van der Waals surface area contributed by atoms with E-state index in [1.54, 1.807) is 0 Å². The molecule has 0 unspecified atom stereocenters. The number of nitrogens with zero attached hydrogens (tertiary/aromatic N) is 1. The Morgan fingerprint density at radius 2 is 1.88 bits per heavy atom. The Hall–Kier alpha value is -1.51. The van der Waals surface area contributed by atoms with Crippen LogP contribution in [0.4, 0.5) is 5.69 Å². The van der Waals surface area contributed by atoms with Crippen LogP contribution in [-0.2, 0) is 14.8 Å². The molecule has 0 amide bonds. The highest BCUT2D eigenvalue weighted by atomic mass is 35.5. The number of nitrogens with one attached hydrogen (secondary N) is 1. The highest BCUT2D eigenvalue weighted by Gasteiger charge is 2.16. The maximum Gasteiger partial charge on any atom is 0.269 e. The molecule has 1 rings (SSSR count). The smallest absolute Gasteiger partial charge is 0.269 e. The molecule has 0 atom stereocenters. The van der Waals surface area contributed by atoms with Gasteiger partial charge < -0.3 is 0 Å². The number of carbonyl (C=O) groups is 1. The third kappa shape index (κ3) is 3.77. The van der Waals surface area contributed by atoms with Crippen molar-refractivity contribution in [3.05, 3.63) is 34.4 Å². The number of non-ortho nitro benzene ring substituents is 1. The second kappa shape index (κ2) is 5.21. The fraction of sp³-hybridized carbons (Fsp3) is 0.125. The molecule has 1 N–H and O–H groups in total. The van der Waals surface area contributed by atoms with Crippen molar-refractivity contribution >= 4 is 32.6 Å². The van der Waals surface area contributed by atoms with Crippen molar-refractivity contribution in [3.63, 3.8) is 0 Å². The minimum Gasteiger partial charge on any atom is -0.280 e. The van der Waals surface area contributed by atoms with E-state index in [4.69, 9.17) is 11.6 Å². The summed E-state index contributed by atoms with van der Waals surface area (Å²) in [6.45, 7) is -0.541. The molecule has 9 heteroatoms. The average molecular weight is 279 g/mol. The Balaban J connectivity index is 2.92. The molecule has 17 heavy (non-hydrogen) atoms. The van der Waals surface area contributed by atoms with Gasteiger partial charge in [0.1, 0.15) is 0 Å². The van der Waals surface area contributed by atoms with E-state index in [1.807, 2.05) is 4.72 Å². The Labute approximate surface area is 102 Å². The number of nitro benzene ring substituents is 1. The molecule has 0 spiro atoms. The molecular weight excluding hydrogens is 272 g/mol. The third-order valence-corrected chi connectivity index (χ3v) is 3.31. The minimum atomic E-state index is -3.88. The monoisotopic (exact) mass is 278 g/mol. The highest BCUT2D eigenvalue weighted by molar-refractivity contribution is 7.89. The van der Waals surface area contributed by atoms with E-state index in [1.165, 1.54) is 0 Å². The Bertz CT molecular complexity index is 540. The summed E-state index contributed by atoms with van der Waals surface area (Å²) in [5.74, 6) is 0. The zero-order valence-electron chi connectivity index (χ0n) is 8.29. The number of nitro groups is 1. The van der Waals surface area contributed by atoms with E-state index >= 15 is 0 Å². The van der Waals surface area contributed by atoms with Crippen LogP contribution in [0.5, 0.6) is 0 Å². The van der Waals surface area contributed by atoms with Crippen LogP contribution in [0.2, 0.25) is 0 Å². The number of sulfonamides is 1. The summed E-state index contributed by atoms with van der Waals surface area (Å²) in [5, 5.41) is 9.50. The van der Waals surface area contributed by atoms with Crippen LogP contribution in [-0.4, -0.2) is 25.1 Å². The maximum absolute atomic E-state index is 11.5. The lowest BCUT2D eigenvalue weighted by molar-refractivity contribution is -0.384. The van der Waals surface area contributed by atoms with Gasteiger partial charge in [0, 0.05) is 12.1 Å². The summed E-state index contributed by atoms with van der Waals surface area (Å²) in [5.41, 5.74) is -0.225. The Morgan fingerprint density at radius 1 is 1.35 bits per heavy atom. The van der Waals surface area contributed by atoms with Crippen LogP contribution >= 0.6 is 11.6 Å². The van der Waals surface area contributed by atoms with Crippen molar-refractivity contribution in [2.75, 3.05) is 6.54 Å². The van der Waals surface area contributed by atoms with E-state index in [-0.39, 0.29) is 10.6 Å². The summed E-state index contributed by atoms with van der Waals surface area (Å²) >= 11 is 4.98. The number of benzene rings is 1. The van der Waals surface area contributed by atoms with Crippen molar-refractivity contribution in [1.29, 1.82) is 0 Å². The first-order valence-electron chi connectivity index (χ1n) is 4.25. The van der Waals surface area contributed by atoms with Gasteiger partial charge in [0.2, 0.25) is 15.3 Å². The maximum atomic E-state index is 11.5. The van der Waals surface area contributed by atoms with E-state index in [0.29, 0.717) is 0 Å². The molecule has 0 saturated heterocycles. The van der Waals surface area contributed by atoms with E-state index in [0.717, 1.165) is 24.3 Å². The lowest BCUT2D eigenvalue weighted by Gasteiger charge is -2.03. The number of hydrogen-bond acceptors (Lipinski definition) is 5. The average Bonchev–Trinajstić information content (AvgIpc) is 2.27. The second-order valence-corrected chi connectivity index (χ2v) is 5.12. The summed E-state index contributed by atoms with van der Waals surface area (Å²) in [6, 6.07) is 4.24. The molecule has 0 aromatic heterocycles. The van der Waals surface area contributed by atoms with Crippen LogP contribution in [0.1, 0.15) is 0 Å². The van der Waals surface area contributed by atoms with Gasteiger partial charge in [0.25, 0.3) is 5.69 Å². The van der Waals surface area contributed by atoms with Crippen molar-refractivity contribution in [1.82, 2.24) is 4.72 Å². The largest absolute Gasteiger partial charge is 0.280 e. The molecule has 1 aromatic rings. The molecule has 0 aliphatic carbocycles. The Morgan fingerprint density at radius 3 is 2.29 bits per heavy atom. The molecule has 92 valence electrons. The molecule has 0 fully saturated rings. The first-order valence-corrected chi connectivity index (χ1v) is 6.11. The number of carbonyl (C=O) groups excluding carboxylic acids is 1. The van der Waals surface area contributed by atoms with Gasteiger partial charge >= 0.3 is 0 Å². The number of rotatable bonds is 5. The van der Waals surface area contributed by atoms with E-state index in [2.05, 4.69) is 0 Å². The second-order valence-electron chi connectivity index (χ2n) is 2.93. The molecule has 0 saturated carbocycles. The SMILES string of the molecule is O=C(Cl)CNS(=O)(=O)c1ccc([N+](=O)[O-])cc1. The summed E-state index contributed by atoms with van der Waals surface area (Å²) in [7, 11) is -3.88. The van der Waals surface area contributed by atoms with Gasteiger partial charge in [-0.1, -0.05) is 0 Å². The Kier molecular flexibility index (Phi) is 4.16. The van der Waals surface area contributed by atoms with Crippen molar-refractivity contribution in [3.8, 4) is 0 Å². The lowest BCUT2D eigenvalue weighted by Crippen LogP contribution is -2.27. The predicted octanol–water partition coefficient (Wildman–Crippen LogP) is 0.639. The summed E-state index contributed by atoms with van der Waals surface area (Å²) in [6.07, 6.45) is 0. The summed E-state index contributed by atoms with van der Waals surface area (Å²) in [4.78, 5) is 19.9.